The first kappa shape index (κ1) is 10.1. The number of hydrogen-bond acceptors (Lipinski definition) is 1. The monoisotopic (exact) mass is 192 g/mol. The van der Waals surface area contributed by atoms with Gasteiger partial charge >= 0.3 is 0 Å². The third-order valence-corrected chi connectivity index (χ3v) is 2.04. The van der Waals surface area contributed by atoms with E-state index in [1.807, 2.05) is 0 Å². The molecule has 0 aliphatic carbocycles. The van der Waals surface area contributed by atoms with E-state index in [4.69, 9.17) is 11.8 Å². The van der Waals surface area contributed by atoms with Crippen LogP contribution in [0, 0.1) is 43.4 Å². The fraction of sp³-hybridized carbons (Fsp3) is 0.200. The highest BCUT2D eigenvalue weighted by Gasteiger charge is 2.19. The molecule has 1 aromatic rings. The van der Waals surface area contributed by atoms with E-state index in [0.717, 1.165) is 0 Å². The molecule has 0 atom stereocenters. The van der Waals surface area contributed by atoms with Crippen molar-refractivity contribution in [2.45, 2.75) is 13.8 Å². The molecule has 2 nitrogen and oxygen atoms in total. The van der Waals surface area contributed by atoms with Gasteiger partial charge in [-0.15, -0.1) is 0 Å². The van der Waals surface area contributed by atoms with Crippen LogP contribution >= 0.6 is 0 Å². The van der Waals surface area contributed by atoms with Gasteiger partial charge in [0.15, 0.2) is 0 Å². The highest BCUT2D eigenvalue weighted by atomic mass is 19.1. The SMILES string of the molecule is [C-]#[N+]c1c(C)c(F)c(C#N)c(C)c1F. The first-order chi connectivity index (χ1) is 6.54. The van der Waals surface area contributed by atoms with Crippen molar-refractivity contribution in [3.63, 3.8) is 0 Å². The van der Waals surface area contributed by atoms with Gasteiger partial charge in [0.1, 0.15) is 17.7 Å². The van der Waals surface area contributed by atoms with Crippen LogP contribution in [0.25, 0.3) is 4.85 Å². The van der Waals surface area contributed by atoms with Crippen LogP contribution < -0.4 is 0 Å². The van der Waals surface area contributed by atoms with Crippen molar-refractivity contribution in [3.05, 3.63) is 39.7 Å². The number of rotatable bonds is 0. The van der Waals surface area contributed by atoms with Crippen LogP contribution in [0.4, 0.5) is 14.5 Å². The molecule has 0 spiro atoms. The summed E-state index contributed by atoms with van der Waals surface area (Å²) in [5, 5.41) is 8.58. The summed E-state index contributed by atoms with van der Waals surface area (Å²) < 4.78 is 26.7. The molecule has 0 bridgehead atoms. The van der Waals surface area contributed by atoms with Gasteiger partial charge in [-0.1, -0.05) is 0 Å². The van der Waals surface area contributed by atoms with Gasteiger partial charge in [0.2, 0.25) is 5.69 Å². The number of nitrogens with zero attached hydrogens (tertiary/aromatic N) is 2. The zero-order valence-corrected chi connectivity index (χ0v) is 7.65. The molecular weight excluding hydrogens is 186 g/mol. The summed E-state index contributed by atoms with van der Waals surface area (Å²) in [6.45, 7) is 9.25. The molecule has 0 radical (unpaired) electrons. The minimum absolute atomic E-state index is 0.110. The van der Waals surface area contributed by atoms with Gasteiger partial charge in [0, 0.05) is 0 Å². The van der Waals surface area contributed by atoms with Crippen LogP contribution in [0.1, 0.15) is 16.7 Å². The topological polar surface area (TPSA) is 28.1 Å². The first-order valence-electron chi connectivity index (χ1n) is 3.80. The molecule has 4 heteroatoms. The summed E-state index contributed by atoms with van der Waals surface area (Å²) in [6, 6.07) is 1.58. The average molecular weight is 192 g/mol. The summed E-state index contributed by atoms with van der Waals surface area (Å²) >= 11 is 0. The van der Waals surface area contributed by atoms with Crippen molar-refractivity contribution >= 4 is 5.69 Å². The van der Waals surface area contributed by atoms with Crippen LogP contribution in [0.15, 0.2) is 0 Å². The van der Waals surface area contributed by atoms with Gasteiger partial charge in [-0.25, -0.2) is 13.6 Å². The normalized spacial score (nSPS) is 9.29. The largest absolute Gasteiger partial charge is 0.235 e. The maximum absolute atomic E-state index is 13.4. The van der Waals surface area contributed by atoms with E-state index in [9.17, 15) is 8.78 Å². The Morgan fingerprint density at radius 1 is 1.21 bits per heavy atom. The van der Waals surface area contributed by atoms with Crippen LogP contribution in [0.2, 0.25) is 0 Å². The molecule has 1 rings (SSSR count). The van der Waals surface area contributed by atoms with Crippen LogP contribution in [-0.4, -0.2) is 0 Å². The predicted molar refractivity (Wildman–Crippen MR) is 46.8 cm³/mol. The van der Waals surface area contributed by atoms with E-state index >= 15 is 0 Å². The van der Waals surface area contributed by atoms with Crippen LogP contribution in [-0.2, 0) is 0 Å². The molecule has 0 fully saturated rings. The van der Waals surface area contributed by atoms with Crippen molar-refractivity contribution in [1.29, 1.82) is 5.26 Å². The Labute approximate surface area is 80.2 Å². The summed E-state index contributed by atoms with van der Waals surface area (Å²) in [5.74, 6) is -1.62. The summed E-state index contributed by atoms with van der Waals surface area (Å²) in [5.41, 5.74) is -0.896. The molecule has 0 aliphatic heterocycles. The second-order valence-electron chi connectivity index (χ2n) is 2.83. The first-order valence-corrected chi connectivity index (χ1v) is 3.80. The Balaban J connectivity index is 3.77. The number of halogens is 2. The predicted octanol–water partition coefficient (Wildman–Crippen LogP) is 3.00. The lowest BCUT2D eigenvalue weighted by atomic mass is 10.0. The Hall–Kier alpha value is -1.94. The molecule has 14 heavy (non-hydrogen) atoms. The van der Waals surface area contributed by atoms with Gasteiger partial charge in [-0.2, -0.15) is 5.26 Å². The molecule has 0 unspecified atom stereocenters. The van der Waals surface area contributed by atoms with E-state index in [0.29, 0.717) is 0 Å². The van der Waals surface area contributed by atoms with Crippen molar-refractivity contribution in [2.24, 2.45) is 0 Å². The van der Waals surface area contributed by atoms with E-state index < -0.39 is 11.6 Å². The molecule has 70 valence electrons. The maximum atomic E-state index is 13.4. The quantitative estimate of drug-likeness (QED) is 0.580. The number of benzene rings is 1. The standard InChI is InChI=1S/C10H6F2N2/c1-5-7(4-13)8(11)6(2)10(14-3)9(5)12/h1-2H3. The molecule has 0 heterocycles. The third-order valence-electron chi connectivity index (χ3n) is 2.04. The zero-order chi connectivity index (χ0) is 10.9. The fourth-order valence-electron chi connectivity index (χ4n) is 1.17. The van der Waals surface area contributed by atoms with E-state index in [1.165, 1.54) is 13.8 Å². The molecule has 0 saturated carbocycles. The van der Waals surface area contributed by atoms with Gasteiger partial charge in [-0.05, 0) is 25.0 Å². The van der Waals surface area contributed by atoms with E-state index in [-0.39, 0.29) is 22.4 Å². The zero-order valence-electron chi connectivity index (χ0n) is 7.65. The Bertz CT molecular complexity index is 404. The molecule has 0 N–H and O–H groups in total. The smallest absolute Gasteiger partial charge is 0.228 e. The van der Waals surface area contributed by atoms with Gasteiger partial charge in [0.05, 0.1) is 12.1 Å². The van der Waals surface area contributed by atoms with Crippen molar-refractivity contribution < 1.29 is 8.78 Å². The highest BCUT2D eigenvalue weighted by Crippen LogP contribution is 2.30. The molecular formula is C10H6F2N2. The molecule has 1 aromatic carbocycles. The highest BCUT2D eigenvalue weighted by molar-refractivity contribution is 5.60. The summed E-state index contributed by atoms with van der Waals surface area (Å²) in [7, 11) is 0. The minimum atomic E-state index is -0.810. The van der Waals surface area contributed by atoms with Gasteiger partial charge in [-0.3, -0.25) is 0 Å². The summed E-state index contributed by atoms with van der Waals surface area (Å²) in [4.78, 5) is 2.89. The lowest BCUT2D eigenvalue weighted by Gasteiger charge is -2.06. The van der Waals surface area contributed by atoms with Crippen LogP contribution in [0.5, 0.6) is 0 Å². The molecule has 0 aromatic heterocycles. The van der Waals surface area contributed by atoms with Crippen molar-refractivity contribution in [2.75, 3.05) is 0 Å². The van der Waals surface area contributed by atoms with Crippen molar-refractivity contribution in [3.8, 4) is 6.07 Å². The molecule has 0 aliphatic rings. The second-order valence-corrected chi connectivity index (χ2v) is 2.83. The van der Waals surface area contributed by atoms with Gasteiger partial charge < -0.3 is 0 Å². The van der Waals surface area contributed by atoms with Gasteiger partial charge in [0.25, 0.3) is 0 Å². The fourth-order valence-corrected chi connectivity index (χ4v) is 1.17. The molecule has 0 amide bonds. The Morgan fingerprint density at radius 2 is 1.79 bits per heavy atom. The van der Waals surface area contributed by atoms with E-state index in [1.54, 1.807) is 6.07 Å². The minimum Gasteiger partial charge on any atom is -0.235 e. The number of nitriles is 1. The average Bonchev–Trinajstić information content (AvgIpc) is 2.17. The Morgan fingerprint density at radius 3 is 2.21 bits per heavy atom. The molecule has 0 saturated heterocycles. The van der Waals surface area contributed by atoms with Crippen molar-refractivity contribution in [1.82, 2.24) is 0 Å². The van der Waals surface area contributed by atoms with Crippen LogP contribution in [0.3, 0.4) is 0 Å². The third kappa shape index (κ3) is 1.22. The Kier molecular flexibility index (Phi) is 2.49. The number of hydrogen-bond donors (Lipinski definition) is 0. The second kappa shape index (κ2) is 3.43. The summed E-state index contributed by atoms with van der Waals surface area (Å²) in [6.07, 6.45) is 0. The lowest BCUT2D eigenvalue weighted by Crippen LogP contribution is -1.97. The lowest BCUT2D eigenvalue weighted by molar-refractivity contribution is 0.587. The maximum Gasteiger partial charge on any atom is 0.228 e. The van der Waals surface area contributed by atoms with E-state index in [2.05, 4.69) is 4.85 Å².